The summed E-state index contributed by atoms with van der Waals surface area (Å²) in [5.41, 5.74) is 9.27. The van der Waals surface area contributed by atoms with E-state index in [-0.39, 0.29) is 22.3 Å². The topological polar surface area (TPSA) is 94.3 Å². The van der Waals surface area contributed by atoms with E-state index in [1.54, 1.807) is 60.7 Å². The predicted molar refractivity (Wildman–Crippen MR) is 300 cm³/mol. The van der Waals surface area contributed by atoms with Gasteiger partial charge in [-0.3, -0.25) is 0 Å². The lowest BCUT2D eigenvalue weighted by atomic mass is 9.95. The van der Waals surface area contributed by atoms with E-state index in [0.29, 0.717) is 101 Å². The highest BCUT2D eigenvalue weighted by Gasteiger charge is 2.32. The van der Waals surface area contributed by atoms with Gasteiger partial charge in [-0.15, -0.1) is 0 Å². The molecule has 0 aliphatic heterocycles. The molecule has 0 bridgehead atoms. The Balaban J connectivity index is 1.25. The first-order valence-electron chi connectivity index (χ1n) is 24.3. The number of rotatable bonds is 7. The average molecular weight is 1010 g/mol. The monoisotopic (exact) mass is 1010 g/mol. The van der Waals surface area contributed by atoms with Gasteiger partial charge in [0.05, 0.1) is 87.6 Å². The van der Waals surface area contributed by atoms with Crippen molar-refractivity contribution in [2.75, 3.05) is 0 Å². The number of para-hydroxylation sites is 3. The van der Waals surface area contributed by atoms with Gasteiger partial charge < -0.3 is 9.13 Å². The fraction of sp³-hybridized carbons (Fsp3) is 0.0149. The lowest BCUT2D eigenvalue weighted by Gasteiger charge is -2.20. The molecular weight excluding hydrogens is 974 g/mol. The van der Waals surface area contributed by atoms with Crippen LogP contribution in [0.2, 0.25) is 0 Å². The van der Waals surface area contributed by atoms with Crippen LogP contribution in [0.4, 0.5) is 30.2 Å². The van der Waals surface area contributed by atoms with Crippen LogP contribution in [0.3, 0.4) is 0 Å². The zero-order valence-electron chi connectivity index (χ0n) is 40.8. The summed E-state index contributed by atoms with van der Waals surface area (Å²) in [6, 6.07) is 65.4. The highest BCUT2D eigenvalue weighted by Crippen LogP contribution is 2.46. The Kier molecular flexibility index (Phi) is 11.4. The van der Waals surface area contributed by atoms with Crippen molar-refractivity contribution in [1.82, 2.24) is 9.13 Å². The lowest BCUT2D eigenvalue weighted by Crippen LogP contribution is -2.07. The smallest absolute Gasteiger partial charge is 0.309 e. The van der Waals surface area contributed by atoms with Gasteiger partial charge in [-0.05, 0) is 111 Å². The Morgan fingerprint density at radius 3 is 1.17 bits per heavy atom. The van der Waals surface area contributed by atoms with Crippen molar-refractivity contribution in [2.24, 2.45) is 0 Å². The van der Waals surface area contributed by atoms with Gasteiger partial charge in [0.1, 0.15) is 6.07 Å². The number of nitrogens with zero attached hydrogens (tertiary/aromatic N) is 8. The standard InChI is InChI=1S/C67H33F3N8/c1-74-58-17-9-6-14-50(58)42-21-25-54-53-24-20-41(49-13-5-4-12-45(49)38-72)31-62(53)77(63(54)32-42)61-36-57(46-28-40(37-71)29-48(30-46)67(68,69)70)66(35-47(61)39-73)78-64-33-43(51-15-7-10-18-59(51)75-2)22-26-55(64)56-27-23-44(34-65(56)78)52-16-8-11-19-60(52)76-3/h4-36H. The van der Waals surface area contributed by atoms with E-state index < -0.39 is 11.7 Å². The molecule has 0 aliphatic rings. The van der Waals surface area contributed by atoms with E-state index in [1.165, 1.54) is 6.07 Å². The Morgan fingerprint density at radius 2 is 0.756 bits per heavy atom. The van der Waals surface area contributed by atoms with Crippen molar-refractivity contribution in [3.8, 4) is 85.2 Å². The van der Waals surface area contributed by atoms with Crippen LogP contribution in [0, 0.1) is 53.7 Å². The van der Waals surface area contributed by atoms with Crippen LogP contribution in [0.25, 0.3) is 125 Å². The van der Waals surface area contributed by atoms with Gasteiger partial charge in [0, 0.05) is 27.1 Å². The molecule has 10 aromatic carbocycles. The zero-order chi connectivity index (χ0) is 53.8. The molecule has 12 rings (SSSR count). The lowest BCUT2D eigenvalue weighted by molar-refractivity contribution is -0.137. The molecule has 0 saturated heterocycles. The molecule has 0 saturated carbocycles. The average Bonchev–Trinajstić information content (AvgIpc) is 4.20. The molecule has 0 amide bonds. The molecule has 0 spiro atoms. The number of fused-ring (bicyclic) bond motifs is 6. The van der Waals surface area contributed by atoms with Crippen molar-refractivity contribution in [3.05, 3.63) is 257 Å². The molecule has 11 heteroatoms. The van der Waals surface area contributed by atoms with Crippen molar-refractivity contribution < 1.29 is 13.2 Å². The van der Waals surface area contributed by atoms with Gasteiger partial charge in [0.2, 0.25) is 0 Å². The summed E-state index contributed by atoms with van der Waals surface area (Å²) in [5, 5.41) is 35.3. The third-order valence-corrected chi connectivity index (χ3v) is 14.3. The van der Waals surface area contributed by atoms with E-state index >= 15 is 13.2 Å². The fourth-order valence-electron chi connectivity index (χ4n) is 10.8. The number of hydrogen-bond donors (Lipinski definition) is 0. The number of halogens is 3. The molecule has 0 atom stereocenters. The first-order chi connectivity index (χ1) is 38.0. The third kappa shape index (κ3) is 7.82. The van der Waals surface area contributed by atoms with E-state index in [9.17, 15) is 15.8 Å². The maximum Gasteiger partial charge on any atom is 0.416 e. The Morgan fingerprint density at radius 1 is 0.359 bits per heavy atom. The Bertz CT molecular complexity index is 4590. The molecule has 0 unspecified atom stereocenters. The Labute approximate surface area is 444 Å². The van der Waals surface area contributed by atoms with Crippen molar-refractivity contribution in [3.63, 3.8) is 0 Å². The van der Waals surface area contributed by atoms with Crippen molar-refractivity contribution in [2.45, 2.75) is 6.18 Å². The summed E-state index contributed by atoms with van der Waals surface area (Å²) < 4.78 is 49.2. The molecular formula is C67H33F3N8. The summed E-state index contributed by atoms with van der Waals surface area (Å²) >= 11 is 0. The highest BCUT2D eigenvalue weighted by molar-refractivity contribution is 6.14. The largest absolute Gasteiger partial charge is 0.416 e. The second-order valence-corrected chi connectivity index (χ2v) is 18.5. The van der Waals surface area contributed by atoms with Crippen LogP contribution < -0.4 is 0 Å². The van der Waals surface area contributed by atoms with E-state index in [0.717, 1.165) is 33.7 Å². The third-order valence-electron chi connectivity index (χ3n) is 14.3. The fourth-order valence-corrected chi connectivity index (χ4v) is 10.8. The molecule has 0 N–H and O–H groups in total. The number of hydrogen-bond acceptors (Lipinski definition) is 3. The van der Waals surface area contributed by atoms with Crippen LogP contribution in [-0.4, -0.2) is 9.13 Å². The summed E-state index contributed by atoms with van der Waals surface area (Å²) in [6.45, 7) is 24.1. The maximum atomic E-state index is 15.1. The molecule has 2 heterocycles. The van der Waals surface area contributed by atoms with Crippen LogP contribution in [0.15, 0.2) is 200 Å². The summed E-state index contributed by atoms with van der Waals surface area (Å²) in [4.78, 5) is 11.4. The van der Waals surface area contributed by atoms with Crippen LogP contribution >= 0.6 is 0 Å². The van der Waals surface area contributed by atoms with E-state index in [1.807, 2.05) is 137 Å². The second-order valence-electron chi connectivity index (χ2n) is 18.5. The molecule has 12 aromatic rings. The molecule has 362 valence electrons. The summed E-state index contributed by atoms with van der Waals surface area (Å²) in [6.07, 6.45) is -4.86. The first-order valence-corrected chi connectivity index (χ1v) is 24.3. The van der Waals surface area contributed by atoms with Gasteiger partial charge in [0.25, 0.3) is 0 Å². The quantitative estimate of drug-likeness (QED) is 0.149. The minimum Gasteiger partial charge on any atom is -0.309 e. The normalized spacial score (nSPS) is 11.2. The van der Waals surface area contributed by atoms with Crippen LogP contribution in [0.5, 0.6) is 0 Å². The molecule has 0 aliphatic carbocycles. The minimum absolute atomic E-state index is 0.0391. The van der Waals surface area contributed by atoms with Crippen LogP contribution in [0.1, 0.15) is 22.3 Å². The van der Waals surface area contributed by atoms with Gasteiger partial charge >= 0.3 is 6.18 Å². The molecule has 78 heavy (non-hydrogen) atoms. The van der Waals surface area contributed by atoms with Crippen LogP contribution in [-0.2, 0) is 6.18 Å². The number of nitriles is 3. The SMILES string of the molecule is [C-]#[N+]c1ccccc1-c1ccc2c3ccc(-c4ccccc4C#N)cc3n(-c3cc(-c4cc(C#N)cc(C(F)(F)F)c4)c(-n4c5cc(-c6ccccc6[N+]#[C-])ccc5c5ccc(-c6ccccc6[N+]#[C-])cc54)cc3C#N)c2c1. The number of alkyl halides is 3. The molecule has 0 fully saturated rings. The summed E-state index contributed by atoms with van der Waals surface area (Å²) in [5.74, 6) is 0. The number of aromatic nitrogens is 2. The van der Waals surface area contributed by atoms with E-state index in [4.69, 9.17) is 19.7 Å². The molecule has 0 radical (unpaired) electrons. The second kappa shape index (κ2) is 18.8. The van der Waals surface area contributed by atoms with Crippen molar-refractivity contribution >= 4 is 60.7 Å². The maximum absolute atomic E-state index is 15.1. The van der Waals surface area contributed by atoms with E-state index in [2.05, 4.69) is 26.7 Å². The van der Waals surface area contributed by atoms with Gasteiger partial charge in [-0.25, -0.2) is 14.5 Å². The van der Waals surface area contributed by atoms with Gasteiger partial charge in [-0.1, -0.05) is 140 Å². The first kappa shape index (κ1) is 47.5. The Hall–Kier alpha value is -11.5. The van der Waals surface area contributed by atoms with Gasteiger partial charge in [-0.2, -0.15) is 29.0 Å². The number of benzene rings is 10. The van der Waals surface area contributed by atoms with Crippen molar-refractivity contribution in [1.29, 1.82) is 15.8 Å². The zero-order valence-corrected chi connectivity index (χ0v) is 40.8. The highest BCUT2D eigenvalue weighted by atomic mass is 19.4. The predicted octanol–water partition coefficient (Wildman–Crippen LogP) is 18.5. The van der Waals surface area contributed by atoms with Gasteiger partial charge in [0.15, 0.2) is 17.1 Å². The summed E-state index contributed by atoms with van der Waals surface area (Å²) in [7, 11) is 0. The molecule has 8 nitrogen and oxygen atoms in total. The minimum atomic E-state index is -4.86. The molecule has 2 aromatic heterocycles.